The average Bonchev–Trinajstić information content (AvgIpc) is 3.34. The van der Waals surface area contributed by atoms with Gasteiger partial charge in [0.15, 0.2) is 17.3 Å². The van der Waals surface area contributed by atoms with E-state index >= 15 is 0 Å². The van der Waals surface area contributed by atoms with Crippen LogP contribution < -0.4 is 25.8 Å². The summed E-state index contributed by atoms with van der Waals surface area (Å²) in [4.78, 5) is 21.7. The molecule has 0 bridgehead atoms. The number of aromatic nitrogens is 1. The van der Waals surface area contributed by atoms with Crippen LogP contribution in [0.5, 0.6) is 11.5 Å². The first-order valence-electron chi connectivity index (χ1n) is 13.2. The van der Waals surface area contributed by atoms with Crippen molar-refractivity contribution in [2.45, 2.75) is 50.9 Å². The molecule has 0 spiro atoms. The quantitative estimate of drug-likeness (QED) is 0.443. The highest BCUT2D eigenvalue weighted by molar-refractivity contribution is 7.16. The molecule has 0 saturated heterocycles. The van der Waals surface area contributed by atoms with Gasteiger partial charge in [-0.2, -0.15) is 10.5 Å². The number of ether oxygens (including phenoxy) is 2. The van der Waals surface area contributed by atoms with Crippen LogP contribution in [0.25, 0.3) is 0 Å². The van der Waals surface area contributed by atoms with E-state index in [1.165, 1.54) is 4.88 Å². The largest absolute Gasteiger partial charge is 0.493 e. The molecule has 3 aliphatic rings. The van der Waals surface area contributed by atoms with Gasteiger partial charge in [0.05, 0.1) is 25.5 Å². The smallest absolute Gasteiger partial charge is 0.161 e. The fourth-order valence-electron chi connectivity index (χ4n) is 6.28. The maximum Gasteiger partial charge on any atom is 0.161 e. The number of allylic oxidation sites excluding steroid dienone is 2. The molecular formula is C30H28N6O3S. The maximum atomic E-state index is 13.8. The lowest BCUT2D eigenvalue weighted by Crippen LogP contribution is -2.34. The molecule has 3 aromatic rings. The van der Waals surface area contributed by atoms with Crippen molar-refractivity contribution in [1.82, 2.24) is 4.98 Å². The van der Waals surface area contributed by atoms with Crippen LogP contribution in [0.2, 0.25) is 0 Å². The number of hydrogen-bond acceptors (Lipinski definition) is 10. The summed E-state index contributed by atoms with van der Waals surface area (Å²) in [5.41, 5.74) is 17.7. The summed E-state index contributed by atoms with van der Waals surface area (Å²) < 4.78 is 11.0. The second kappa shape index (κ2) is 9.89. The Morgan fingerprint density at radius 1 is 1.00 bits per heavy atom. The van der Waals surface area contributed by atoms with Crippen molar-refractivity contribution in [2.75, 3.05) is 30.6 Å². The predicted molar refractivity (Wildman–Crippen MR) is 153 cm³/mol. The normalized spacial score (nSPS) is 17.9. The van der Waals surface area contributed by atoms with Gasteiger partial charge in [-0.1, -0.05) is 6.07 Å². The number of ketones is 1. The van der Waals surface area contributed by atoms with Crippen molar-refractivity contribution in [2.24, 2.45) is 0 Å². The van der Waals surface area contributed by atoms with E-state index < -0.39 is 5.92 Å². The fourth-order valence-corrected chi connectivity index (χ4v) is 7.65. The number of nitrogens with zero attached hydrogens (tertiary/aromatic N) is 4. The number of thiophene rings is 1. The molecule has 2 aliphatic carbocycles. The van der Waals surface area contributed by atoms with Crippen LogP contribution >= 0.6 is 11.3 Å². The Hall–Kier alpha value is -4.54. The molecule has 9 nitrogen and oxygen atoms in total. The van der Waals surface area contributed by atoms with Crippen molar-refractivity contribution in [3.8, 4) is 23.6 Å². The predicted octanol–water partition coefficient (Wildman–Crippen LogP) is 5.24. The highest BCUT2D eigenvalue weighted by atomic mass is 32.1. The number of pyridine rings is 1. The number of carbonyl (C=O) groups excluding carboxylic acids is 1. The summed E-state index contributed by atoms with van der Waals surface area (Å²) in [5.74, 6) is 0.935. The van der Waals surface area contributed by atoms with Crippen LogP contribution in [-0.4, -0.2) is 25.0 Å². The molecular weight excluding hydrogens is 524 g/mol. The third-order valence-corrected chi connectivity index (χ3v) is 9.37. The molecule has 0 unspecified atom stereocenters. The number of methoxy groups -OCH3 is 2. The molecule has 1 aromatic carbocycles. The number of carbonyl (C=O) groups is 1. The van der Waals surface area contributed by atoms with Crippen LogP contribution in [0.3, 0.4) is 0 Å². The van der Waals surface area contributed by atoms with Crippen molar-refractivity contribution in [1.29, 1.82) is 10.5 Å². The summed E-state index contributed by atoms with van der Waals surface area (Å²) in [7, 11) is 3.12. The van der Waals surface area contributed by atoms with Crippen LogP contribution in [0.15, 0.2) is 29.5 Å². The second-order valence-corrected chi connectivity index (χ2v) is 11.2. The van der Waals surface area contributed by atoms with E-state index in [1.54, 1.807) is 31.6 Å². The first-order chi connectivity index (χ1) is 19.4. The number of aryl methyl sites for hydroxylation is 1. The van der Waals surface area contributed by atoms with Crippen molar-refractivity contribution < 1.29 is 14.3 Å². The number of nitrogen functional groups attached to an aromatic ring is 2. The lowest BCUT2D eigenvalue weighted by molar-refractivity contribution is -0.116. The Balaban J connectivity index is 1.71. The summed E-state index contributed by atoms with van der Waals surface area (Å²) in [6, 6.07) is 10.1. The van der Waals surface area contributed by atoms with Gasteiger partial charge in [-0.05, 0) is 61.8 Å². The molecule has 202 valence electrons. The molecule has 1 atom stereocenters. The van der Waals surface area contributed by atoms with Gasteiger partial charge in [0.1, 0.15) is 34.3 Å². The number of anilines is 4. The Bertz CT molecular complexity index is 1690. The minimum Gasteiger partial charge on any atom is -0.493 e. The summed E-state index contributed by atoms with van der Waals surface area (Å²) in [6.07, 6.45) is 5.57. The number of nitrogens with two attached hydrogens (primary N) is 2. The zero-order valence-electron chi connectivity index (χ0n) is 22.3. The fraction of sp³-hybridized carbons (Fsp3) is 0.333. The molecule has 0 fully saturated rings. The Kier molecular flexibility index (Phi) is 6.36. The summed E-state index contributed by atoms with van der Waals surface area (Å²) in [6.45, 7) is 0. The minimum atomic E-state index is -0.603. The minimum absolute atomic E-state index is 0.00578. The van der Waals surface area contributed by atoms with Crippen molar-refractivity contribution in [3.05, 3.63) is 62.2 Å². The third-order valence-electron chi connectivity index (χ3n) is 8.09. The number of hydrogen-bond donors (Lipinski definition) is 2. The second-order valence-electron chi connectivity index (χ2n) is 10.2. The van der Waals surface area contributed by atoms with Gasteiger partial charge in [0, 0.05) is 34.0 Å². The Labute approximate surface area is 236 Å². The molecule has 1 aliphatic heterocycles. The van der Waals surface area contributed by atoms with Gasteiger partial charge in [-0.15, -0.1) is 11.3 Å². The first kappa shape index (κ1) is 25.7. The SMILES string of the molecule is COc1ccc([C@H]2C3=C(CCCC3=O)N(c3sc4c(c3C#N)CCCC4)c3nc(N)c(C#N)c(N)c32)cc1OC. The molecule has 10 heteroatoms. The van der Waals surface area contributed by atoms with Gasteiger partial charge in [0.2, 0.25) is 0 Å². The molecule has 40 heavy (non-hydrogen) atoms. The highest BCUT2D eigenvalue weighted by Crippen LogP contribution is 2.56. The van der Waals surface area contributed by atoms with Crippen LogP contribution in [0.1, 0.15) is 70.7 Å². The highest BCUT2D eigenvalue weighted by Gasteiger charge is 2.44. The summed E-state index contributed by atoms with van der Waals surface area (Å²) >= 11 is 1.58. The molecule has 2 aromatic heterocycles. The van der Waals surface area contributed by atoms with E-state index in [2.05, 4.69) is 12.1 Å². The number of nitriles is 2. The molecule has 0 amide bonds. The summed E-state index contributed by atoms with van der Waals surface area (Å²) in [5, 5.41) is 21.0. The number of benzene rings is 1. The van der Waals surface area contributed by atoms with Crippen LogP contribution in [-0.2, 0) is 17.6 Å². The Morgan fingerprint density at radius 3 is 2.48 bits per heavy atom. The van der Waals surface area contributed by atoms with Crippen LogP contribution in [0, 0.1) is 22.7 Å². The zero-order chi connectivity index (χ0) is 28.1. The number of fused-ring (bicyclic) bond motifs is 2. The van der Waals surface area contributed by atoms with E-state index in [0.29, 0.717) is 53.3 Å². The molecule has 6 rings (SSSR count). The van der Waals surface area contributed by atoms with Crippen molar-refractivity contribution >= 4 is 39.4 Å². The van der Waals surface area contributed by atoms with Gasteiger partial charge < -0.3 is 20.9 Å². The van der Waals surface area contributed by atoms with E-state index in [-0.39, 0.29) is 22.9 Å². The van der Waals surface area contributed by atoms with Crippen molar-refractivity contribution in [3.63, 3.8) is 0 Å². The number of rotatable bonds is 4. The molecule has 4 N–H and O–H groups in total. The van der Waals surface area contributed by atoms with Gasteiger partial charge in [-0.25, -0.2) is 4.98 Å². The zero-order valence-corrected chi connectivity index (χ0v) is 23.2. The van der Waals surface area contributed by atoms with Gasteiger partial charge >= 0.3 is 0 Å². The lowest BCUT2D eigenvalue weighted by atomic mass is 9.74. The first-order valence-corrected chi connectivity index (χ1v) is 14.1. The number of Topliss-reactive ketones (excluding diaryl/α,β-unsaturated/α-hetero) is 1. The van der Waals surface area contributed by atoms with E-state index in [1.807, 2.05) is 17.0 Å². The van der Waals surface area contributed by atoms with E-state index in [4.69, 9.17) is 25.9 Å². The molecule has 0 saturated carbocycles. The Morgan fingerprint density at radius 2 is 1.75 bits per heavy atom. The average molecular weight is 553 g/mol. The molecule has 3 heterocycles. The third kappa shape index (κ3) is 3.71. The molecule has 0 radical (unpaired) electrons. The van der Waals surface area contributed by atoms with E-state index in [9.17, 15) is 15.3 Å². The van der Waals surface area contributed by atoms with Gasteiger partial charge in [0.25, 0.3) is 0 Å². The monoisotopic (exact) mass is 552 g/mol. The van der Waals surface area contributed by atoms with E-state index in [0.717, 1.165) is 47.5 Å². The standard InChI is InChI=1S/C30H28N6O3S/c1-38-21-11-10-15(12-22(21)39-2)24-25-19(7-5-8-20(25)37)36(29-26(24)27(33)18(14-32)28(34)35-29)30-17(13-31)16-6-3-4-9-23(16)40-30/h10-12,24H,3-9H2,1-2H3,(H4,33,34,35)/t24-/m0/s1. The van der Waals surface area contributed by atoms with Crippen LogP contribution in [0.4, 0.5) is 22.3 Å². The topological polar surface area (TPSA) is 151 Å². The lowest BCUT2D eigenvalue weighted by Gasteiger charge is -2.40. The van der Waals surface area contributed by atoms with Gasteiger partial charge in [-0.3, -0.25) is 9.69 Å². The maximum absolute atomic E-state index is 13.8.